The Hall–Kier alpha value is -0.380. The van der Waals surface area contributed by atoms with E-state index < -0.39 is 0 Å². The van der Waals surface area contributed by atoms with Crippen LogP contribution in [0.25, 0.3) is 0 Å². The van der Waals surface area contributed by atoms with E-state index in [0.717, 1.165) is 17.4 Å². The Labute approximate surface area is 106 Å². The van der Waals surface area contributed by atoms with Crippen LogP contribution < -0.4 is 5.73 Å². The standard InChI is InChI=1S/C13H19BrN2/c1-16(13-6-5-12(15)8-13)9-10-3-2-4-11(14)7-10/h2-4,7,12-13H,5-6,8-9,15H2,1H3. The van der Waals surface area contributed by atoms with E-state index in [2.05, 4.69) is 52.1 Å². The van der Waals surface area contributed by atoms with Gasteiger partial charge in [0.25, 0.3) is 0 Å². The van der Waals surface area contributed by atoms with Gasteiger partial charge >= 0.3 is 0 Å². The van der Waals surface area contributed by atoms with Gasteiger partial charge in [0.05, 0.1) is 0 Å². The molecule has 1 aliphatic carbocycles. The van der Waals surface area contributed by atoms with Gasteiger partial charge in [-0.15, -0.1) is 0 Å². The molecular weight excluding hydrogens is 264 g/mol. The molecule has 2 unspecified atom stereocenters. The van der Waals surface area contributed by atoms with Crippen molar-refractivity contribution in [1.29, 1.82) is 0 Å². The molecule has 2 nitrogen and oxygen atoms in total. The smallest absolute Gasteiger partial charge is 0.0234 e. The average molecular weight is 283 g/mol. The second kappa shape index (κ2) is 5.30. The van der Waals surface area contributed by atoms with Crippen molar-refractivity contribution < 1.29 is 0 Å². The molecule has 0 aliphatic heterocycles. The maximum absolute atomic E-state index is 5.95. The van der Waals surface area contributed by atoms with Crippen molar-refractivity contribution in [2.75, 3.05) is 7.05 Å². The van der Waals surface area contributed by atoms with E-state index in [4.69, 9.17) is 5.73 Å². The second-order valence-corrected chi connectivity index (χ2v) is 5.69. The number of hydrogen-bond acceptors (Lipinski definition) is 2. The lowest BCUT2D eigenvalue weighted by molar-refractivity contribution is 0.235. The Morgan fingerprint density at radius 3 is 2.88 bits per heavy atom. The van der Waals surface area contributed by atoms with Crippen LogP contribution in [0.4, 0.5) is 0 Å². The molecule has 0 saturated heterocycles. The van der Waals surface area contributed by atoms with Gasteiger partial charge in [-0.1, -0.05) is 28.1 Å². The van der Waals surface area contributed by atoms with Gasteiger partial charge in [-0.05, 0) is 44.0 Å². The zero-order valence-corrected chi connectivity index (χ0v) is 11.3. The summed E-state index contributed by atoms with van der Waals surface area (Å²) in [5, 5.41) is 0. The summed E-state index contributed by atoms with van der Waals surface area (Å²) in [5.74, 6) is 0. The maximum Gasteiger partial charge on any atom is 0.0234 e. The van der Waals surface area contributed by atoms with Gasteiger partial charge in [-0.3, -0.25) is 4.90 Å². The molecule has 0 spiro atoms. The Bertz CT molecular complexity index is 354. The predicted molar refractivity (Wildman–Crippen MR) is 71.2 cm³/mol. The summed E-state index contributed by atoms with van der Waals surface area (Å²) in [7, 11) is 2.20. The first-order chi connectivity index (χ1) is 7.65. The van der Waals surface area contributed by atoms with Crippen molar-refractivity contribution in [2.24, 2.45) is 5.73 Å². The SMILES string of the molecule is CN(Cc1cccc(Br)c1)C1CCC(N)C1. The predicted octanol–water partition coefficient (Wildman–Crippen LogP) is 2.76. The molecule has 1 aliphatic rings. The fourth-order valence-electron chi connectivity index (χ4n) is 2.44. The van der Waals surface area contributed by atoms with Crippen molar-refractivity contribution in [3.63, 3.8) is 0 Å². The lowest BCUT2D eigenvalue weighted by Crippen LogP contribution is -2.30. The number of nitrogens with zero attached hydrogens (tertiary/aromatic N) is 1. The van der Waals surface area contributed by atoms with Crippen molar-refractivity contribution in [2.45, 2.75) is 37.9 Å². The second-order valence-electron chi connectivity index (χ2n) is 4.77. The van der Waals surface area contributed by atoms with Crippen LogP contribution >= 0.6 is 15.9 Å². The summed E-state index contributed by atoms with van der Waals surface area (Å²) >= 11 is 3.51. The van der Waals surface area contributed by atoms with Crippen LogP contribution in [-0.2, 0) is 6.54 Å². The van der Waals surface area contributed by atoms with E-state index in [1.165, 1.54) is 18.4 Å². The minimum Gasteiger partial charge on any atom is -0.328 e. The number of benzene rings is 1. The third-order valence-corrected chi connectivity index (χ3v) is 3.88. The van der Waals surface area contributed by atoms with Crippen molar-refractivity contribution >= 4 is 15.9 Å². The maximum atomic E-state index is 5.95. The molecule has 0 radical (unpaired) electrons. The van der Waals surface area contributed by atoms with Crippen molar-refractivity contribution in [3.05, 3.63) is 34.3 Å². The number of hydrogen-bond donors (Lipinski definition) is 1. The van der Waals surface area contributed by atoms with Crippen LogP contribution in [0.2, 0.25) is 0 Å². The first-order valence-electron chi connectivity index (χ1n) is 5.85. The molecule has 2 rings (SSSR count). The molecule has 1 fully saturated rings. The number of halogens is 1. The largest absolute Gasteiger partial charge is 0.328 e. The molecule has 88 valence electrons. The van der Waals surface area contributed by atoms with Gasteiger partial charge in [0.15, 0.2) is 0 Å². The summed E-state index contributed by atoms with van der Waals surface area (Å²) in [5.41, 5.74) is 7.30. The van der Waals surface area contributed by atoms with Crippen LogP contribution in [0.5, 0.6) is 0 Å². The zero-order valence-electron chi connectivity index (χ0n) is 9.70. The molecule has 3 heteroatoms. The molecule has 16 heavy (non-hydrogen) atoms. The average Bonchev–Trinajstić information content (AvgIpc) is 2.65. The van der Waals surface area contributed by atoms with E-state index >= 15 is 0 Å². The van der Waals surface area contributed by atoms with E-state index in [9.17, 15) is 0 Å². The fraction of sp³-hybridized carbons (Fsp3) is 0.538. The lowest BCUT2D eigenvalue weighted by Gasteiger charge is -2.24. The molecule has 2 N–H and O–H groups in total. The molecule has 0 bridgehead atoms. The highest BCUT2D eigenvalue weighted by Crippen LogP contribution is 2.23. The Morgan fingerprint density at radius 1 is 1.44 bits per heavy atom. The molecule has 1 saturated carbocycles. The van der Waals surface area contributed by atoms with Crippen LogP contribution in [0.1, 0.15) is 24.8 Å². The molecule has 0 heterocycles. The number of nitrogens with two attached hydrogens (primary N) is 1. The van der Waals surface area contributed by atoms with E-state index in [1.54, 1.807) is 0 Å². The highest BCUT2D eigenvalue weighted by Gasteiger charge is 2.24. The third kappa shape index (κ3) is 3.06. The zero-order chi connectivity index (χ0) is 11.5. The van der Waals surface area contributed by atoms with Gasteiger partial charge in [-0.2, -0.15) is 0 Å². The number of rotatable bonds is 3. The van der Waals surface area contributed by atoms with Gasteiger partial charge < -0.3 is 5.73 Å². The topological polar surface area (TPSA) is 29.3 Å². The highest BCUT2D eigenvalue weighted by atomic mass is 79.9. The van der Waals surface area contributed by atoms with Gasteiger partial charge in [0.2, 0.25) is 0 Å². The minimum atomic E-state index is 0.412. The molecule has 0 amide bonds. The van der Waals surface area contributed by atoms with Crippen LogP contribution in [0.3, 0.4) is 0 Å². The Morgan fingerprint density at radius 2 is 2.25 bits per heavy atom. The summed E-state index contributed by atoms with van der Waals surface area (Å²) in [6, 6.07) is 9.59. The molecule has 2 atom stereocenters. The van der Waals surface area contributed by atoms with Crippen LogP contribution in [0.15, 0.2) is 28.7 Å². The van der Waals surface area contributed by atoms with Crippen molar-refractivity contribution in [3.8, 4) is 0 Å². The van der Waals surface area contributed by atoms with Gasteiger partial charge in [0.1, 0.15) is 0 Å². The first-order valence-corrected chi connectivity index (χ1v) is 6.64. The lowest BCUT2D eigenvalue weighted by atomic mass is 10.1. The molecular formula is C13H19BrN2. The first kappa shape index (κ1) is 12.1. The van der Waals surface area contributed by atoms with E-state index in [-0.39, 0.29) is 0 Å². The van der Waals surface area contributed by atoms with Crippen LogP contribution in [0, 0.1) is 0 Å². The minimum absolute atomic E-state index is 0.412. The normalized spacial score (nSPS) is 25.2. The monoisotopic (exact) mass is 282 g/mol. The quantitative estimate of drug-likeness (QED) is 0.924. The third-order valence-electron chi connectivity index (χ3n) is 3.39. The summed E-state index contributed by atoms with van der Waals surface area (Å²) in [6.45, 7) is 1.01. The molecule has 1 aromatic rings. The van der Waals surface area contributed by atoms with Crippen LogP contribution in [-0.4, -0.2) is 24.0 Å². The molecule has 0 aromatic heterocycles. The van der Waals surface area contributed by atoms with Gasteiger partial charge in [0, 0.05) is 23.1 Å². The highest BCUT2D eigenvalue weighted by molar-refractivity contribution is 9.10. The van der Waals surface area contributed by atoms with Gasteiger partial charge in [-0.25, -0.2) is 0 Å². The summed E-state index contributed by atoms with van der Waals surface area (Å²) in [4.78, 5) is 2.43. The van der Waals surface area contributed by atoms with E-state index in [0.29, 0.717) is 12.1 Å². The molecule has 1 aromatic carbocycles. The summed E-state index contributed by atoms with van der Waals surface area (Å²) < 4.78 is 1.15. The Kier molecular flexibility index (Phi) is 4.00. The fourth-order valence-corrected chi connectivity index (χ4v) is 2.89. The van der Waals surface area contributed by atoms with E-state index in [1.807, 2.05) is 0 Å². The summed E-state index contributed by atoms with van der Waals surface area (Å²) in [6.07, 6.45) is 3.56. The Balaban J connectivity index is 1.94. The van der Waals surface area contributed by atoms with Crippen molar-refractivity contribution in [1.82, 2.24) is 4.90 Å².